The first-order chi connectivity index (χ1) is 20.7. The van der Waals surface area contributed by atoms with E-state index in [1.165, 1.54) is 23.2 Å². The summed E-state index contributed by atoms with van der Waals surface area (Å²) in [7, 11) is -10.7. The molecule has 1 amide bonds. The largest absolute Gasteiger partial charge is 0.481 e. The molecule has 23 heteroatoms. The molecular formula is C21H30N7O14P2+. The Bertz CT molecular complexity index is 1560. The Kier molecular flexibility index (Phi) is 9.34. The number of fused-ring (bicyclic) bond motifs is 1. The van der Waals surface area contributed by atoms with Crippen molar-refractivity contribution in [2.24, 2.45) is 5.73 Å². The lowest BCUT2D eigenvalue weighted by atomic mass is 10.1. The smallest absolute Gasteiger partial charge is 0.387 e. The van der Waals surface area contributed by atoms with Crippen molar-refractivity contribution in [2.75, 3.05) is 25.5 Å². The normalized spacial score (nSPS) is 35.0. The van der Waals surface area contributed by atoms with E-state index >= 15 is 0 Å². The van der Waals surface area contributed by atoms with Crippen molar-refractivity contribution < 1.29 is 71.9 Å². The summed E-state index contributed by atoms with van der Waals surface area (Å²) < 4.78 is 50.9. The van der Waals surface area contributed by atoms with Gasteiger partial charge in [0.2, 0.25) is 6.23 Å². The zero-order valence-electron chi connectivity index (χ0n) is 22.4. The number of nitrogens with two attached hydrogens (primary N) is 2. The molecule has 11 atom stereocenters. The summed E-state index contributed by atoms with van der Waals surface area (Å²) in [6.45, 7) is -1.51. The van der Waals surface area contributed by atoms with Crippen molar-refractivity contribution in [1.29, 1.82) is 0 Å². The van der Waals surface area contributed by atoms with Gasteiger partial charge in [-0.25, -0.2) is 24.1 Å². The fourth-order valence-corrected chi connectivity index (χ4v) is 6.93. The van der Waals surface area contributed by atoms with Gasteiger partial charge in [-0.3, -0.25) is 23.3 Å². The van der Waals surface area contributed by atoms with Gasteiger partial charge in [-0.05, 0) is 12.2 Å². The monoisotopic (exact) mass is 666 g/mol. The molecule has 0 saturated carbocycles. The Morgan fingerprint density at radius 3 is 2.30 bits per heavy atom. The van der Waals surface area contributed by atoms with Crippen molar-refractivity contribution in [3.63, 3.8) is 0 Å². The first kappa shape index (κ1) is 32.7. The molecule has 21 nitrogen and oxygen atoms in total. The maximum atomic E-state index is 12.4. The average Bonchev–Trinajstić information content (AvgIpc) is 3.61. The number of anilines is 1. The summed E-state index contributed by atoms with van der Waals surface area (Å²) in [5.74, 6) is -0.671. The molecule has 242 valence electrons. The number of phosphoric acid groups is 2. The number of carbonyl (C=O) groups is 1. The third kappa shape index (κ3) is 6.76. The molecule has 44 heavy (non-hydrogen) atoms. The predicted octanol–water partition coefficient (Wildman–Crippen LogP) is -4.45. The molecule has 3 unspecified atom stereocenters. The molecule has 11 N–H and O–H groups in total. The number of ether oxygens (including phenoxy) is 2. The Labute approximate surface area is 247 Å². The van der Waals surface area contributed by atoms with E-state index in [1.54, 1.807) is 6.08 Å². The summed E-state index contributed by atoms with van der Waals surface area (Å²) in [6.07, 6.45) is -4.73. The van der Waals surface area contributed by atoms with E-state index in [0.29, 0.717) is 4.90 Å². The number of aliphatic hydroxyl groups is 4. The van der Waals surface area contributed by atoms with E-state index in [9.17, 15) is 44.1 Å². The van der Waals surface area contributed by atoms with Crippen LogP contribution in [0.1, 0.15) is 6.23 Å². The standard InChI is InChI=1S/C21H29N7O14P2/c22-17-12-19(25-7-24-17)28(8-26-12)21-16(32)14(30)11(41-21)6-39-44(36,37)42-43(34,35)38-5-10-13(29)15(31)20(40-10)27-3-1-2-9(4-27)18(23)33/h1-2,4,7-8,10-11,13-16,20-21,29-32H,3,5-6H2,(H2,23,33)(H,34,35)(H,36,37)(H2,22,24,25)/p+1/t10-,11-,13-,14-,15-,16-,20-,21-/m1/s1. The highest BCUT2D eigenvalue weighted by molar-refractivity contribution is 7.61. The van der Waals surface area contributed by atoms with Gasteiger partial charge in [0.05, 0.1) is 25.1 Å². The van der Waals surface area contributed by atoms with Crippen molar-refractivity contribution in [1.82, 2.24) is 19.5 Å². The number of hydrogen-bond donors (Lipinski definition) is 9. The number of phosphoric ester groups is 2. The number of carbonyl (C=O) groups excluding carboxylic acids is 1. The van der Waals surface area contributed by atoms with Gasteiger partial charge in [0.25, 0.3) is 5.91 Å². The molecule has 3 aliphatic rings. The van der Waals surface area contributed by atoms with Crippen LogP contribution < -0.4 is 16.4 Å². The highest BCUT2D eigenvalue weighted by atomic mass is 31.3. The average molecular weight is 666 g/mol. The maximum absolute atomic E-state index is 12.4. The van der Waals surface area contributed by atoms with Crippen molar-refractivity contribution in [3.8, 4) is 0 Å². The second kappa shape index (κ2) is 12.6. The lowest BCUT2D eigenvalue weighted by Crippen LogP contribution is -3.13. The van der Waals surface area contributed by atoms with Gasteiger partial charge in [0.15, 0.2) is 23.8 Å². The molecule has 2 fully saturated rings. The molecule has 3 aliphatic heterocycles. The highest BCUT2D eigenvalue weighted by Crippen LogP contribution is 2.60. The predicted molar refractivity (Wildman–Crippen MR) is 141 cm³/mol. The Balaban J connectivity index is 1.15. The lowest BCUT2D eigenvalue weighted by Gasteiger charge is -2.25. The maximum Gasteiger partial charge on any atom is 0.481 e. The van der Waals surface area contributed by atoms with E-state index in [0.717, 1.165) is 6.33 Å². The number of rotatable bonds is 11. The van der Waals surface area contributed by atoms with Crippen LogP contribution in [0, 0.1) is 0 Å². The van der Waals surface area contributed by atoms with Crippen molar-refractivity contribution >= 4 is 38.5 Å². The molecule has 5 heterocycles. The molecule has 5 rings (SSSR count). The minimum Gasteiger partial charge on any atom is -0.387 e. The van der Waals surface area contributed by atoms with Gasteiger partial charge in [-0.1, -0.05) is 0 Å². The number of nitrogen functional groups attached to an aromatic ring is 1. The Hall–Kier alpha value is -2.72. The van der Waals surface area contributed by atoms with Crippen LogP contribution in [0.25, 0.3) is 11.2 Å². The van der Waals surface area contributed by atoms with Crippen LogP contribution in [0.4, 0.5) is 5.82 Å². The third-order valence-corrected chi connectivity index (χ3v) is 9.61. The van der Waals surface area contributed by atoms with Gasteiger partial charge in [-0.15, -0.1) is 0 Å². The van der Waals surface area contributed by atoms with Crippen LogP contribution in [0.2, 0.25) is 0 Å². The number of primary amides is 1. The molecule has 0 aromatic carbocycles. The first-order valence-corrected chi connectivity index (χ1v) is 15.8. The molecule has 2 aromatic rings. The molecule has 0 spiro atoms. The van der Waals surface area contributed by atoms with Crippen LogP contribution in [0.5, 0.6) is 0 Å². The SMILES string of the molecule is NC(=O)C1=C[NH+]([C@@H]2O[C@H](COP(=O)(O)OP(=O)(O)OC[C@H]3O[C@@H](n4cnc5c(N)ncnc54)[C@H](O)[C@@H]3O)[C@@H](O)[C@H]2O)CC=C1. The molecular weight excluding hydrogens is 636 g/mol. The van der Waals surface area contributed by atoms with E-state index in [-0.39, 0.29) is 29.1 Å². The number of amides is 1. The van der Waals surface area contributed by atoms with E-state index < -0.39 is 83.8 Å². The molecule has 0 aliphatic carbocycles. The van der Waals surface area contributed by atoms with Crippen LogP contribution >= 0.6 is 15.6 Å². The molecule has 0 radical (unpaired) electrons. The van der Waals surface area contributed by atoms with Gasteiger partial charge in [0, 0.05) is 0 Å². The topological polar surface area (TPSA) is 319 Å². The second-order valence-electron chi connectivity index (χ2n) is 9.96. The van der Waals surface area contributed by atoms with E-state index in [2.05, 4.69) is 19.3 Å². The minimum absolute atomic E-state index is 0.0529. The number of hydrogen-bond acceptors (Lipinski definition) is 16. The van der Waals surface area contributed by atoms with Crippen molar-refractivity contribution in [3.05, 3.63) is 36.6 Å². The molecule has 2 saturated heterocycles. The van der Waals surface area contributed by atoms with Crippen molar-refractivity contribution in [2.45, 2.75) is 49.1 Å². The summed E-state index contributed by atoms with van der Waals surface area (Å²) in [4.78, 5) is 43.8. The summed E-state index contributed by atoms with van der Waals surface area (Å²) >= 11 is 0. The number of aliphatic hydroxyl groups excluding tert-OH is 4. The minimum atomic E-state index is -5.36. The van der Waals surface area contributed by atoms with Gasteiger partial charge < -0.3 is 51.2 Å². The highest BCUT2D eigenvalue weighted by Gasteiger charge is 2.50. The zero-order chi connectivity index (χ0) is 32.0. The molecule has 0 bridgehead atoms. The lowest BCUT2D eigenvalue weighted by molar-refractivity contribution is -0.897. The fraction of sp³-hybridized carbons (Fsp3) is 0.524. The van der Waals surface area contributed by atoms with Gasteiger partial charge >= 0.3 is 15.6 Å². The first-order valence-electron chi connectivity index (χ1n) is 12.8. The van der Waals surface area contributed by atoms with Gasteiger partial charge in [-0.2, -0.15) is 4.31 Å². The summed E-state index contributed by atoms with van der Waals surface area (Å²) in [5, 5.41) is 41.7. The number of imidazole rings is 1. The Morgan fingerprint density at radius 1 is 1.00 bits per heavy atom. The number of nitrogens with zero attached hydrogens (tertiary/aromatic N) is 4. The van der Waals surface area contributed by atoms with E-state index in [1.807, 2.05) is 0 Å². The fourth-order valence-electron chi connectivity index (χ4n) is 4.84. The third-order valence-electron chi connectivity index (χ3n) is 7.01. The van der Waals surface area contributed by atoms with Crippen LogP contribution in [-0.2, 0) is 36.8 Å². The van der Waals surface area contributed by atoms with Crippen LogP contribution in [-0.4, -0.2) is 118 Å². The number of quaternary nitrogens is 1. The second-order valence-corrected chi connectivity index (χ2v) is 13.0. The quantitative estimate of drug-likeness (QED) is 0.102. The van der Waals surface area contributed by atoms with E-state index in [4.69, 9.17) is 30.0 Å². The number of nitrogens with one attached hydrogen (secondary N) is 1. The van der Waals surface area contributed by atoms with Crippen LogP contribution in [0.15, 0.2) is 36.6 Å². The molecule has 2 aromatic heterocycles. The summed E-state index contributed by atoms with van der Waals surface area (Å²) in [5.41, 5.74) is 11.5. The zero-order valence-corrected chi connectivity index (χ0v) is 24.2. The summed E-state index contributed by atoms with van der Waals surface area (Å²) in [6, 6.07) is 0. The van der Waals surface area contributed by atoms with Crippen LogP contribution in [0.3, 0.4) is 0 Å². The Morgan fingerprint density at radius 2 is 1.64 bits per heavy atom. The van der Waals surface area contributed by atoms with Gasteiger partial charge in [0.1, 0.15) is 55.1 Å². The number of aromatic nitrogens is 4.